The summed E-state index contributed by atoms with van der Waals surface area (Å²) in [5.74, 6) is 0.357. The van der Waals surface area contributed by atoms with E-state index in [1.807, 2.05) is 0 Å². The molecule has 4 N–H and O–H groups in total. The van der Waals surface area contributed by atoms with Crippen LogP contribution in [0.15, 0.2) is 230 Å². The summed E-state index contributed by atoms with van der Waals surface area (Å²) in [4.78, 5) is 2.60. The lowest BCUT2D eigenvalue weighted by atomic mass is 9.59. The number of hydrogen-bond donors (Lipinski definition) is 2. The number of hydrogen-bond acceptors (Lipinski definition) is 3. The summed E-state index contributed by atoms with van der Waals surface area (Å²) in [6.07, 6.45) is 26.1. The zero-order valence-electron chi connectivity index (χ0n) is 38.8. The lowest BCUT2D eigenvalue weighted by molar-refractivity contribution is 0.432. The predicted octanol–water partition coefficient (Wildman–Crippen LogP) is 14.7. The van der Waals surface area contributed by atoms with Gasteiger partial charge in [-0.15, -0.1) is 0 Å². The molecule has 4 unspecified atom stereocenters. The number of rotatable bonds is 7. The Morgan fingerprint density at radius 1 is 0.647 bits per heavy atom. The van der Waals surface area contributed by atoms with Crippen LogP contribution in [0.3, 0.4) is 0 Å². The Morgan fingerprint density at radius 2 is 1.31 bits per heavy atom. The maximum absolute atomic E-state index is 6.53. The van der Waals surface area contributed by atoms with Gasteiger partial charge in [-0.25, -0.2) is 0 Å². The molecule has 332 valence electrons. The summed E-state index contributed by atoms with van der Waals surface area (Å²) < 4.78 is 2.42. The topological polar surface area (TPSA) is 60.2 Å². The van der Waals surface area contributed by atoms with Crippen molar-refractivity contribution in [2.75, 3.05) is 16.4 Å². The molecule has 4 aliphatic rings. The second-order valence-electron chi connectivity index (χ2n) is 19.4. The lowest BCUT2D eigenvalue weighted by Crippen LogP contribution is -2.39. The van der Waals surface area contributed by atoms with E-state index in [4.69, 9.17) is 11.5 Å². The van der Waals surface area contributed by atoms with E-state index in [1.54, 1.807) is 0 Å². The minimum Gasteiger partial charge on any atom is -0.399 e. The van der Waals surface area contributed by atoms with Crippen LogP contribution in [-0.2, 0) is 17.3 Å². The number of allylic oxidation sites excluding steroid dienone is 10. The molecule has 3 aliphatic carbocycles. The Balaban J connectivity index is 1.03. The van der Waals surface area contributed by atoms with Crippen molar-refractivity contribution in [3.05, 3.63) is 269 Å². The van der Waals surface area contributed by atoms with Gasteiger partial charge in [0.2, 0.25) is 0 Å². The van der Waals surface area contributed by atoms with Crippen LogP contribution in [0.4, 0.5) is 17.1 Å². The van der Waals surface area contributed by atoms with Crippen LogP contribution in [0.25, 0.3) is 33.1 Å². The first-order valence-electron chi connectivity index (χ1n) is 24.3. The van der Waals surface area contributed by atoms with Gasteiger partial charge in [-0.05, 0) is 124 Å². The molecule has 4 atom stereocenters. The number of benzene rings is 7. The van der Waals surface area contributed by atoms with Gasteiger partial charge in [0.05, 0.1) is 22.5 Å². The Kier molecular flexibility index (Phi) is 10.1. The van der Waals surface area contributed by atoms with Crippen molar-refractivity contribution in [2.24, 2.45) is 5.92 Å². The van der Waals surface area contributed by atoms with E-state index in [0.29, 0.717) is 5.92 Å². The SMILES string of the molecule is CCC1/C=C(/c2cccc(-n3c4ccccc4c4ccccc43)c2)C=CCc2ccc(C3(C)C=CC=C(N4c5ccccc5C5C=CC=CC54)C3)cc2C1(c1ccc(N)cc1)c1ccc(N)cc1. The second-order valence-corrected chi connectivity index (χ2v) is 19.4. The highest BCUT2D eigenvalue weighted by Crippen LogP contribution is 2.53. The molecular weight excluding hydrogens is 825 g/mol. The van der Waals surface area contributed by atoms with Crippen LogP contribution >= 0.6 is 0 Å². The molecule has 8 aromatic rings. The van der Waals surface area contributed by atoms with Crippen molar-refractivity contribution < 1.29 is 0 Å². The Bertz CT molecular complexity index is 3350. The molecule has 4 heteroatoms. The second kappa shape index (κ2) is 16.5. The summed E-state index contributed by atoms with van der Waals surface area (Å²) in [7, 11) is 0. The molecule has 12 rings (SSSR count). The standard InChI is InChI=1S/C64H56N4/c1-3-46-39-44(45-17-13-18-52(40-45)67-59-24-8-4-20-54(59)55-21-5-9-25-60(55)67)16-12-15-43-28-29-49(41-58(43)64(46,47-30-34-50(65)35-31-47)48-32-36-51(66)37-33-48)63(2)38-14-19-53(42-63)68-61-26-10-6-22-56(61)57-23-7-11-27-62(57)68/h4-14,16-41,46,56,61H,3,15,42,65-66H2,1-2H3/b16-12?,44-39+. The van der Waals surface area contributed by atoms with Gasteiger partial charge in [0, 0.05) is 57.0 Å². The van der Waals surface area contributed by atoms with E-state index in [0.717, 1.165) is 36.3 Å². The molecule has 0 bridgehead atoms. The minimum absolute atomic E-state index is 0.0210. The molecule has 0 saturated carbocycles. The molecule has 0 saturated heterocycles. The number of nitrogens with two attached hydrogens (primary N) is 2. The van der Waals surface area contributed by atoms with Crippen molar-refractivity contribution >= 4 is 44.4 Å². The fourth-order valence-corrected chi connectivity index (χ4v) is 12.3. The molecule has 1 aromatic heterocycles. The van der Waals surface area contributed by atoms with Crippen LogP contribution in [0, 0.1) is 5.92 Å². The highest BCUT2D eigenvalue weighted by atomic mass is 15.2. The van der Waals surface area contributed by atoms with Crippen LogP contribution in [0.2, 0.25) is 0 Å². The Morgan fingerprint density at radius 3 is 2.03 bits per heavy atom. The minimum atomic E-state index is -0.614. The lowest BCUT2D eigenvalue weighted by Gasteiger charge is -2.44. The van der Waals surface area contributed by atoms with E-state index < -0.39 is 5.41 Å². The maximum Gasteiger partial charge on any atom is 0.0626 e. The highest BCUT2D eigenvalue weighted by Gasteiger charge is 2.45. The summed E-state index contributed by atoms with van der Waals surface area (Å²) in [6.45, 7) is 4.77. The van der Waals surface area contributed by atoms with E-state index >= 15 is 0 Å². The van der Waals surface area contributed by atoms with E-state index in [1.165, 1.54) is 77.7 Å². The van der Waals surface area contributed by atoms with Crippen molar-refractivity contribution in [3.8, 4) is 5.69 Å². The number of aromatic nitrogens is 1. The Labute approximate surface area is 400 Å². The van der Waals surface area contributed by atoms with Gasteiger partial charge in [-0.2, -0.15) is 0 Å². The third kappa shape index (κ3) is 6.65. The molecule has 0 radical (unpaired) electrons. The molecule has 7 aromatic carbocycles. The zero-order chi connectivity index (χ0) is 46.0. The van der Waals surface area contributed by atoms with Gasteiger partial charge in [0.25, 0.3) is 0 Å². The zero-order valence-corrected chi connectivity index (χ0v) is 38.8. The molecule has 4 nitrogen and oxygen atoms in total. The molecule has 0 fully saturated rings. The first kappa shape index (κ1) is 41.6. The van der Waals surface area contributed by atoms with Gasteiger partial charge >= 0.3 is 0 Å². The number of nitrogens with zero attached hydrogens (tertiary/aromatic N) is 2. The number of nitrogen functional groups attached to an aromatic ring is 2. The first-order valence-corrected chi connectivity index (χ1v) is 24.3. The number of fused-ring (bicyclic) bond motifs is 7. The average molecular weight is 881 g/mol. The summed E-state index contributed by atoms with van der Waals surface area (Å²) in [5, 5.41) is 2.52. The van der Waals surface area contributed by atoms with Gasteiger partial charge < -0.3 is 20.9 Å². The smallest absolute Gasteiger partial charge is 0.0626 e. The molecule has 0 amide bonds. The molecule has 68 heavy (non-hydrogen) atoms. The fraction of sp³-hybridized carbons (Fsp3) is 0.156. The normalized spacial score (nSPS) is 22.1. The van der Waals surface area contributed by atoms with Gasteiger partial charge in [0.15, 0.2) is 0 Å². The van der Waals surface area contributed by atoms with Crippen LogP contribution in [0.1, 0.15) is 71.6 Å². The third-order valence-corrected chi connectivity index (χ3v) is 15.5. The molecule has 0 spiro atoms. The van der Waals surface area contributed by atoms with Crippen molar-refractivity contribution in [3.63, 3.8) is 0 Å². The maximum atomic E-state index is 6.53. The highest BCUT2D eigenvalue weighted by molar-refractivity contribution is 6.09. The quantitative estimate of drug-likeness (QED) is 0.157. The Hall–Kier alpha value is -7.82. The summed E-state index contributed by atoms with van der Waals surface area (Å²) in [5.41, 5.74) is 30.0. The van der Waals surface area contributed by atoms with Gasteiger partial charge in [-0.1, -0.05) is 178 Å². The summed E-state index contributed by atoms with van der Waals surface area (Å²) in [6, 6.07) is 60.6. The van der Waals surface area contributed by atoms with Crippen molar-refractivity contribution in [2.45, 2.75) is 55.9 Å². The van der Waals surface area contributed by atoms with Gasteiger partial charge in [0.1, 0.15) is 0 Å². The van der Waals surface area contributed by atoms with E-state index in [9.17, 15) is 0 Å². The largest absolute Gasteiger partial charge is 0.399 e. The van der Waals surface area contributed by atoms with Crippen LogP contribution < -0.4 is 16.4 Å². The van der Waals surface area contributed by atoms with Crippen LogP contribution in [-0.4, -0.2) is 10.6 Å². The van der Waals surface area contributed by atoms with Crippen molar-refractivity contribution in [1.29, 1.82) is 0 Å². The van der Waals surface area contributed by atoms with Crippen LogP contribution in [0.5, 0.6) is 0 Å². The molecular formula is C64H56N4. The molecule has 2 heterocycles. The number of para-hydroxylation sites is 3. The fourth-order valence-electron chi connectivity index (χ4n) is 12.3. The van der Waals surface area contributed by atoms with Crippen molar-refractivity contribution in [1.82, 2.24) is 4.57 Å². The molecule has 1 aliphatic heterocycles. The predicted molar refractivity (Wildman–Crippen MR) is 286 cm³/mol. The average Bonchev–Trinajstić information content (AvgIpc) is 3.92. The van der Waals surface area contributed by atoms with Gasteiger partial charge in [-0.3, -0.25) is 0 Å². The third-order valence-electron chi connectivity index (χ3n) is 15.5. The monoisotopic (exact) mass is 880 g/mol. The summed E-state index contributed by atoms with van der Waals surface area (Å²) >= 11 is 0. The van der Waals surface area contributed by atoms with E-state index in [2.05, 4.69) is 248 Å². The van der Waals surface area contributed by atoms with E-state index in [-0.39, 0.29) is 17.4 Å². The number of anilines is 3. The first-order chi connectivity index (χ1) is 33.3.